The summed E-state index contributed by atoms with van der Waals surface area (Å²) in [6.07, 6.45) is 8.74. The Morgan fingerprint density at radius 1 is 0.769 bits per heavy atom. The molecule has 26 heavy (non-hydrogen) atoms. The molecule has 1 N–H and O–H groups in total. The van der Waals surface area contributed by atoms with Crippen molar-refractivity contribution in [3.8, 4) is 0 Å². The fourth-order valence-electron chi connectivity index (χ4n) is 2.38. The van der Waals surface area contributed by atoms with E-state index in [1.54, 1.807) is 0 Å². The predicted molar refractivity (Wildman–Crippen MR) is 116 cm³/mol. The summed E-state index contributed by atoms with van der Waals surface area (Å²) in [4.78, 5) is 0. The number of hydrogen-bond donors (Lipinski definition) is 1. The Labute approximate surface area is 165 Å². The monoisotopic (exact) mass is 389 g/mol. The Morgan fingerprint density at radius 3 is 1.35 bits per heavy atom. The molecule has 0 aliphatic rings. The first-order valence-electron chi connectivity index (χ1n) is 10.8. The van der Waals surface area contributed by atoms with Gasteiger partial charge >= 0.3 is 8.80 Å². The summed E-state index contributed by atoms with van der Waals surface area (Å²) in [7, 11) is -2.41. The van der Waals surface area contributed by atoms with E-state index in [0.717, 1.165) is 82.9 Å². The highest BCUT2D eigenvalue weighted by Crippen LogP contribution is 2.20. The first-order chi connectivity index (χ1) is 12.4. The number of hydrogen-bond acceptors (Lipinski definition) is 4. The zero-order valence-corrected chi connectivity index (χ0v) is 19.8. The summed E-state index contributed by atoms with van der Waals surface area (Å²) in [5.41, 5.74) is 0.787. The molecule has 0 spiro atoms. The molecule has 0 aliphatic heterocycles. The minimum atomic E-state index is -2.41. The lowest BCUT2D eigenvalue weighted by atomic mass is 10.1. The maximum Gasteiger partial charge on any atom is 0.500 e. The summed E-state index contributed by atoms with van der Waals surface area (Å²) in [6.45, 7) is 17.2. The van der Waals surface area contributed by atoms with Crippen molar-refractivity contribution in [2.24, 2.45) is 5.92 Å². The van der Waals surface area contributed by atoms with Crippen molar-refractivity contribution >= 4 is 14.5 Å². The van der Waals surface area contributed by atoms with Crippen LogP contribution in [-0.4, -0.2) is 34.3 Å². The fraction of sp³-hybridized carbons (Fsp3) is 0.952. The van der Waals surface area contributed by atoms with Crippen molar-refractivity contribution < 1.29 is 13.3 Å². The number of nitrogens with one attached hydrogen (secondary N) is 1. The average Bonchev–Trinajstić information content (AvgIpc) is 2.55. The maximum absolute atomic E-state index is 7.02. The third-order valence-electron chi connectivity index (χ3n) is 3.73. The molecule has 0 fully saturated rings. The lowest BCUT2D eigenvalue weighted by molar-refractivity contribution is 0.0561. The second-order valence-corrected chi connectivity index (χ2v) is 10.1. The van der Waals surface area contributed by atoms with Crippen molar-refractivity contribution in [3.05, 3.63) is 0 Å². The topological polar surface area (TPSA) is 51.5 Å². The minimum Gasteiger partial charge on any atom is -0.373 e. The lowest BCUT2D eigenvalue weighted by Crippen LogP contribution is -2.46. The van der Waals surface area contributed by atoms with Crippen molar-refractivity contribution in [2.45, 2.75) is 106 Å². The molecule has 0 saturated heterocycles. The van der Waals surface area contributed by atoms with E-state index >= 15 is 0 Å². The molecule has 0 aromatic rings. The van der Waals surface area contributed by atoms with Gasteiger partial charge in [0.15, 0.2) is 0 Å². The Hall–Kier alpha value is -0.233. The van der Waals surface area contributed by atoms with Crippen LogP contribution >= 0.6 is 0 Å². The molecule has 0 unspecified atom stereocenters. The molecular weight excluding hydrogens is 342 g/mol. The number of unbranched alkanes of at least 4 members (excludes halogenated alkanes) is 3. The predicted octanol–water partition coefficient (Wildman–Crippen LogP) is 6.86. The van der Waals surface area contributed by atoms with Gasteiger partial charge in [-0.2, -0.15) is 0 Å². The molecule has 5 heteroatoms. The zero-order valence-electron chi connectivity index (χ0n) is 18.8. The Balaban J connectivity index is 0. The van der Waals surface area contributed by atoms with E-state index in [0.29, 0.717) is 5.92 Å². The molecule has 0 saturated carbocycles. The molecule has 0 aromatic heterocycles. The van der Waals surface area contributed by atoms with Crippen LogP contribution in [0, 0.1) is 11.3 Å². The van der Waals surface area contributed by atoms with Crippen molar-refractivity contribution in [3.63, 3.8) is 0 Å². The van der Waals surface area contributed by atoms with Crippen LogP contribution in [0.5, 0.6) is 0 Å². The maximum atomic E-state index is 7.02. The summed E-state index contributed by atoms with van der Waals surface area (Å²) in [6, 6.07) is 0.949. The molecule has 0 rings (SSSR count). The molecule has 0 heterocycles. The van der Waals surface area contributed by atoms with E-state index in [9.17, 15) is 0 Å². The van der Waals surface area contributed by atoms with E-state index in [4.69, 9.17) is 18.7 Å². The largest absolute Gasteiger partial charge is 0.500 e. The van der Waals surface area contributed by atoms with Crippen LogP contribution < -0.4 is 0 Å². The van der Waals surface area contributed by atoms with Gasteiger partial charge in [0.1, 0.15) is 0 Å². The Morgan fingerprint density at radius 2 is 1.15 bits per heavy atom. The fourth-order valence-corrected chi connectivity index (χ4v) is 5.04. The van der Waals surface area contributed by atoms with Gasteiger partial charge in [0.2, 0.25) is 0 Å². The molecule has 0 atom stereocenters. The first-order valence-corrected chi connectivity index (χ1v) is 12.8. The van der Waals surface area contributed by atoms with Gasteiger partial charge in [0.25, 0.3) is 0 Å². The van der Waals surface area contributed by atoms with E-state index < -0.39 is 8.80 Å². The highest BCUT2D eigenvalue weighted by Gasteiger charge is 2.39. The molecule has 158 valence electrons. The van der Waals surface area contributed by atoms with Gasteiger partial charge in [-0.3, -0.25) is 0 Å². The van der Waals surface area contributed by atoms with Gasteiger partial charge in [-0.1, -0.05) is 67.2 Å². The second-order valence-electron chi connectivity index (χ2n) is 7.42. The quantitative estimate of drug-likeness (QED) is 0.178. The van der Waals surface area contributed by atoms with Crippen LogP contribution in [0.15, 0.2) is 0 Å². The second kappa shape index (κ2) is 19.5. The summed E-state index contributed by atoms with van der Waals surface area (Å²) in [5.74, 6) is 0.650. The van der Waals surface area contributed by atoms with Crippen LogP contribution in [0.3, 0.4) is 0 Å². The molecule has 4 nitrogen and oxygen atoms in total. The Kier molecular flexibility index (Phi) is 21.0. The van der Waals surface area contributed by atoms with Gasteiger partial charge in [-0.25, -0.2) is 0 Å². The minimum absolute atomic E-state index is 0.650. The normalized spacial score (nSPS) is 11.4. The van der Waals surface area contributed by atoms with Gasteiger partial charge in [-0.15, -0.1) is 0 Å². The van der Waals surface area contributed by atoms with E-state index in [1.165, 1.54) is 0 Å². The highest BCUT2D eigenvalue weighted by atomic mass is 28.4. The van der Waals surface area contributed by atoms with Gasteiger partial charge in [0.05, 0.1) is 0 Å². The van der Waals surface area contributed by atoms with Crippen LogP contribution in [0.25, 0.3) is 0 Å². The molecular formula is C21H47NO3Si. The molecule has 0 aliphatic carbocycles. The van der Waals surface area contributed by atoms with Crippen LogP contribution in [-0.2, 0) is 13.3 Å². The van der Waals surface area contributed by atoms with Gasteiger partial charge < -0.3 is 18.7 Å². The standard InChI is InChI=1S/C15H34O3Si.C6H13N/c1-5-9-12-16-19(15-8-4,17-13-10-6-2)18-14-11-7-3;1-5(2)4-6(3)7/h5-15H2,1-4H3;5,7H,4H2,1-3H3. The molecule has 0 bridgehead atoms. The third kappa shape index (κ3) is 18.6. The van der Waals surface area contributed by atoms with Gasteiger partial charge in [-0.05, 0) is 38.5 Å². The van der Waals surface area contributed by atoms with E-state index in [-0.39, 0.29) is 0 Å². The van der Waals surface area contributed by atoms with E-state index in [2.05, 4.69) is 41.5 Å². The van der Waals surface area contributed by atoms with Gasteiger partial charge in [0, 0.05) is 31.6 Å². The van der Waals surface area contributed by atoms with Crippen molar-refractivity contribution in [1.29, 1.82) is 5.41 Å². The summed E-state index contributed by atoms with van der Waals surface area (Å²) >= 11 is 0. The first kappa shape index (κ1) is 28.0. The van der Waals surface area contributed by atoms with Crippen molar-refractivity contribution in [2.75, 3.05) is 19.8 Å². The van der Waals surface area contributed by atoms with Crippen molar-refractivity contribution in [1.82, 2.24) is 0 Å². The highest BCUT2D eigenvalue weighted by molar-refractivity contribution is 6.60. The SMILES string of the molecule is CC(=N)CC(C)C.CCCCO[Si](CCC)(OCCCC)OCCCC. The van der Waals surface area contributed by atoms with Crippen LogP contribution in [0.2, 0.25) is 6.04 Å². The Bertz CT molecular complexity index is 285. The van der Waals surface area contributed by atoms with Crippen LogP contribution in [0.1, 0.15) is 99.8 Å². The molecule has 0 aromatic carbocycles. The molecule has 0 radical (unpaired) electrons. The third-order valence-corrected chi connectivity index (χ3v) is 6.77. The number of rotatable bonds is 16. The zero-order chi connectivity index (χ0) is 20.3. The summed E-state index contributed by atoms with van der Waals surface area (Å²) < 4.78 is 18.3. The smallest absolute Gasteiger partial charge is 0.373 e. The molecule has 0 amide bonds. The van der Waals surface area contributed by atoms with E-state index in [1.807, 2.05) is 6.92 Å². The van der Waals surface area contributed by atoms with Crippen LogP contribution in [0.4, 0.5) is 0 Å². The average molecular weight is 390 g/mol. The lowest BCUT2D eigenvalue weighted by Gasteiger charge is -2.29. The summed E-state index contributed by atoms with van der Waals surface area (Å²) in [5, 5.41) is 7.02.